The van der Waals surface area contributed by atoms with Gasteiger partial charge < -0.3 is 9.47 Å². The van der Waals surface area contributed by atoms with Crippen molar-refractivity contribution in [1.29, 1.82) is 0 Å². The summed E-state index contributed by atoms with van der Waals surface area (Å²) in [7, 11) is 3.19. The quantitative estimate of drug-likeness (QED) is 0.433. The number of methoxy groups -OCH3 is 2. The number of carbonyl (C=O) groups is 1. The SMILES string of the molecule is COc1ccc(/C=C\C(=O)c2ccc(I)cc2)c(OC)c1. The van der Waals surface area contributed by atoms with E-state index in [0.29, 0.717) is 17.1 Å². The smallest absolute Gasteiger partial charge is 0.185 e. The van der Waals surface area contributed by atoms with E-state index in [1.165, 1.54) is 0 Å². The molecule has 0 fully saturated rings. The van der Waals surface area contributed by atoms with Crippen molar-refractivity contribution in [2.24, 2.45) is 0 Å². The van der Waals surface area contributed by atoms with E-state index in [4.69, 9.17) is 9.47 Å². The summed E-state index contributed by atoms with van der Waals surface area (Å²) >= 11 is 2.21. The van der Waals surface area contributed by atoms with Gasteiger partial charge in [-0.25, -0.2) is 0 Å². The van der Waals surface area contributed by atoms with E-state index in [1.807, 2.05) is 36.4 Å². The molecule has 3 nitrogen and oxygen atoms in total. The molecule has 0 aromatic heterocycles. The van der Waals surface area contributed by atoms with Gasteiger partial charge in [0.05, 0.1) is 14.2 Å². The van der Waals surface area contributed by atoms with E-state index in [2.05, 4.69) is 22.6 Å². The zero-order valence-electron chi connectivity index (χ0n) is 11.8. The zero-order chi connectivity index (χ0) is 15.2. The number of hydrogen-bond acceptors (Lipinski definition) is 3. The molecule has 21 heavy (non-hydrogen) atoms. The Morgan fingerprint density at radius 3 is 2.38 bits per heavy atom. The molecule has 0 aliphatic carbocycles. The van der Waals surface area contributed by atoms with Crippen LogP contribution in [0, 0.1) is 3.57 Å². The number of carbonyl (C=O) groups excluding carboxylic acids is 1. The van der Waals surface area contributed by atoms with Gasteiger partial charge in [0.2, 0.25) is 0 Å². The highest BCUT2D eigenvalue weighted by Gasteiger charge is 2.04. The minimum Gasteiger partial charge on any atom is -0.497 e. The van der Waals surface area contributed by atoms with Crippen LogP contribution in [0.15, 0.2) is 48.5 Å². The van der Waals surface area contributed by atoms with E-state index in [-0.39, 0.29) is 5.78 Å². The van der Waals surface area contributed by atoms with Crippen LogP contribution < -0.4 is 9.47 Å². The fourth-order valence-corrected chi connectivity index (χ4v) is 2.19. The maximum atomic E-state index is 12.1. The number of hydrogen-bond donors (Lipinski definition) is 0. The predicted molar refractivity (Wildman–Crippen MR) is 92.1 cm³/mol. The van der Waals surface area contributed by atoms with Gasteiger partial charge in [0.25, 0.3) is 0 Å². The third-order valence-corrected chi connectivity index (χ3v) is 3.70. The summed E-state index contributed by atoms with van der Waals surface area (Å²) in [4.78, 5) is 12.1. The molecule has 0 saturated heterocycles. The first kappa shape index (κ1) is 15.6. The second kappa shape index (κ2) is 7.26. The molecule has 108 valence electrons. The molecule has 0 N–H and O–H groups in total. The molecule has 2 aromatic rings. The molecule has 0 bridgehead atoms. The van der Waals surface area contributed by atoms with Gasteiger partial charge in [-0.1, -0.05) is 12.1 Å². The van der Waals surface area contributed by atoms with Gasteiger partial charge >= 0.3 is 0 Å². The van der Waals surface area contributed by atoms with E-state index in [9.17, 15) is 4.79 Å². The maximum absolute atomic E-state index is 12.1. The average molecular weight is 394 g/mol. The summed E-state index contributed by atoms with van der Waals surface area (Å²) in [6, 6.07) is 12.9. The lowest BCUT2D eigenvalue weighted by atomic mass is 10.1. The highest BCUT2D eigenvalue weighted by Crippen LogP contribution is 2.25. The van der Waals surface area contributed by atoms with Crippen LogP contribution in [0.3, 0.4) is 0 Å². The van der Waals surface area contributed by atoms with Crippen LogP contribution in [0.2, 0.25) is 0 Å². The fraction of sp³-hybridized carbons (Fsp3) is 0.118. The van der Waals surface area contributed by atoms with Crippen LogP contribution in [0.4, 0.5) is 0 Å². The standard InChI is InChI=1S/C17H15IO3/c1-20-15-9-5-13(17(11-15)21-2)6-10-16(19)12-3-7-14(18)8-4-12/h3-11H,1-2H3/b10-6-. The molecule has 0 amide bonds. The Kier molecular flexibility index (Phi) is 5.38. The summed E-state index contributed by atoms with van der Waals surface area (Å²) in [5.41, 5.74) is 1.50. The number of rotatable bonds is 5. The average Bonchev–Trinajstić information content (AvgIpc) is 2.53. The van der Waals surface area contributed by atoms with Crippen molar-refractivity contribution in [3.05, 3.63) is 63.2 Å². The van der Waals surface area contributed by atoms with E-state index in [0.717, 1.165) is 9.13 Å². The molecule has 0 aliphatic heterocycles. The summed E-state index contributed by atoms with van der Waals surface area (Å²) in [5, 5.41) is 0. The van der Waals surface area contributed by atoms with Crippen LogP contribution >= 0.6 is 22.6 Å². The lowest BCUT2D eigenvalue weighted by Crippen LogP contribution is -1.94. The number of ketones is 1. The largest absolute Gasteiger partial charge is 0.497 e. The van der Waals surface area contributed by atoms with Gasteiger partial charge in [-0.3, -0.25) is 4.79 Å². The van der Waals surface area contributed by atoms with Crippen LogP contribution in [-0.4, -0.2) is 20.0 Å². The van der Waals surface area contributed by atoms with Crippen molar-refractivity contribution >= 4 is 34.5 Å². The van der Waals surface area contributed by atoms with Gasteiger partial charge in [0.15, 0.2) is 5.78 Å². The topological polar surface area (TPSA) is 35.5 Å². The molecule has 0 radical (unpaired) electrons. The fourth-order valence-electron chi connectivity index (χ4n) is 1.83. The van der Waals surface area contributed by atoms with Crippen molar-refractivity contribution in [1.82, 2.24) is 0 Å². The number of allylic oxidation sites excluding steroid dienone is 1. The number of benzene rings is 2. The van der Waals surface area contributed by atoms with Crippen LogP contribution in [0.25, 0.3) is 6.08 Å². The molecular formula is C17H15IO3. The summed E-state index contributed by atoms with van der Waals surface area (Å²) in [6.07, 6.45) is 3.30. The second-order valence-corrected chi connectivity index (χ2v) is 5.56. The molecule has 4 heteroatoms. The van der Waals surface area contributed by atoms with Crippen LogP contribution in [0.5, 0.6) is 11.5 Å². The summed E-state index contributed by atoms with van der Waals surface area (Å²) < 4.78 is 11.5. The normalized spacial score (nSPS) is 10.6. The van der Waals surface area contributed by atoms with Gasteiger partial charge in [-0.15, -0.1) is 0 Å². The highest BCUT2D eigenvalue weighted by atomic mass is 127. The highest BCUT2D eigenvalue weighted by molar-refractivity contribution is 14.1. The lowest BCUT2D eigenvalue weighted by Gasteiger charge is -2.07. The molecule has 0 aliphatic rings. The Bertz CT molecular complexity index is 660. The summed E-state index contributed by atoms with van der Waals surface area (Å²) in [6.45, 7) is 0. The second-order valence-electron chi connectivity index (χ2n) is 4.31. The lowest BCUT2D eigenvalue weighted by molar-refractivity contribution is 0.104. The van der Waals surface area contributed by atoms with Gasteiger partial charge in [0.1, 0.15) is 11.5 Å². The van der Waals surface area contributed by atoms with Crippen molar-refractivity contribution in [2.45, 2.75) is 0 Å². The van der Waals surface area contributed by atoms with Crippen molar-refractivity contribution < 1.29 is 14.3 Å². The Hall–Kier alpha value is -1.82. The first-order valence-corrected chi connectivity index (χ1v) is 7.42. The van der Waals surface area contributed by atoms with E-state index in [1.54, 1.807) is 32.4 Å². The summed E-state index contributed by atoms with van der Waals surface area (Å²) in [5.74, 6) is 1.35. The molecule has 0 saturated carbocycles. The van der Waals surface area contributed by atoms with Crippen LogP contribution in [0.1, 0.15) is 15.9 Å². The zero-order valence-corrected chi connectivity index (χ0v) is 14.0. The molecule has 0 atom stereocenters. The monoisotopic (exact) mass is 394 g/mol. The molecule has 2 aromatic carbocycles. The van der Waals surface area contributed by atoms with Crippen LogP contribution in [-0.2, 0) is 0 Å². The minimum absolute atomic E-state index is 0.0377. The van der Waals surface area contributed by atoms with Crippen molar-refractivity contribution in [3.8, 4) is 11.5 Å². The number of halogens is 1. The maximum Gasteiger partial charge on any atom is 0.185 e. The van der Waals surface area contributed by atoms with E-state index < -0.39 is 0 Å². The van der Waals surface area contributed by atoms with Crippen molar-refractivity contribution in [3.63, 3.8) is 0 Å². The Labute approximate surface area is 137 Å². The molecule has 0 spiro atoms. The van der Waals surface area contributed by atoms with Gasteiger partial charge in [0, 0.05) is 20.8 Å². The first-order chi connectivity index (χ1) is 10.1. The first-order valence-electron chi connectivity index (χ1n) is 6.34. The van der Waals surface area contributed by atoms with E-state index >= 15 is 0 Å². The Balaban J connectivity index is 2.20. The molecular weight excluding hydrogens is 379 g/mol. The third-order valence-electron chi connectivity index (χ3n) is 2.98. The molecule has 0 heterocycles. The third kappa shape index (κ3) is 4.07. The van der Waals surface area contributed by atoms with Crippen molar-refractivity contribution in [2.75, 3.05) is 14.2 Å². The Morgan fingerprint density at radius 2 is 1.76 bits per heavy atom. The molecule has 0 unspecified atom stereocenters. The Morgan fingerprint density at radius 1 is 1.05 bits per heavy atom. The van der Waals surface area contributed by atoms with Gasteiger partial charge in [-0.05, 0) is 59.0 Å². The number of ether oxygens (including phenoxy) is 2. The minimum atomic E-state index is -0.0377. The predicted octanol–water partition coefficient (Wildman–Crippen LogP) is 4.20. The molecule has 2 rings (SSSR count). The van der Waals surface area contributed by atoms with Gasteiger partial charge in [-0.2, -0.15) is 0 Å².